The van der Waals surface area contributed by atoms with E-state index in [9.17, 15) is 4.39 Å². The third kappa shape index (κ3) is 3.82. The van der Waals surface area contributed by atoms with Crippen molar-refractivity contribution in [2.75, 3.05) is 6.54 Å². The van der Waals surface area contributed by atoms with Gasteiger partial charge in [0.25, 0.3) is 0 Å². The molecule has 2 aromatic rings. The van der Waals surface area contributed by atoms with Crippen molar-refractivity contribution < 1.29 is 9.13 Å². The minimum absolute atomic E-state index is 0.258. The van der Waals surface area contributed by atoms with E-state index in [1.54, 1.807) is 12.1 Å². The van der Waals surface area contributed by atoms with Crippen molar-refractivity contribution in [2.45, 2.75) is 32.8 Å². The maximum atomic E-state index is 13.0. The highest BCUT2D eigenvalue weighted by Gasteiger charge is 2.13. The molecule has 2 nitrogen and oxygen atoms in total. The Kier molecular flexibility index (Phi) is 4.97. The van der Waals surface area contributed by atoms with Crippen LogP contribution in [0.1, 0.15) is 42.6 Å². The molecule has 1 unspecified atom stereocenters. The van der Waals surface area contributed by atoms with Gasteiger partial charge in [-0.25, -0.2) is 4.39 Å². The summed E-state index contributed by atoms with van der Waals surface area (Å²) < 4.78 is 18.9. The summed E-state index contributed by atoms with van der Waals surface area (Å²) in [7, 11) is 0. The molecule has 0 spiro atoms. The molecule has 2 N–H and O–H groups in total. The molecule has 0 aliphatic rings. The smallest absolute Gasteiger partial charge is 0.136 e. The van der Waals surface area contributed by atoms with Gasteiger partial charge in [-0.1, -0.05) is 32.0 Å². The lowest BCUT2D eigenvalue weighted by atomic mass is 9.98. The van der Waals surface area contributed by atoms with Gasteiger partial charge in [0.1, 0.15) is 17.7 Å². The summed E-state index contributed by atoms with van der Waals surface area (Å²) in [6.45, 7) is 6.77. The van der Waals surface area contributed by atoms with Gasteiger partial charge in [0, 0.05) is 6.54 Å². The van der Waals surface area contributed by atoms with Crippen molar-refractivity contribution in [1.82, 2.24) is 0 Å². The fourth-order valence-corrected chi connectivity index (χ4v) is 2.46. The first-order valence-electron chi connectivity index (χ1n) is 7.24. The molecule has 0 aliphatic heterocycles. The van der Waals surface area contributed by atoms with Gasteiger partial charge in [0.15, 0.2) is 0 Å². The summed E-state index contributed by atoms with van der Waals surface area (Å²) in [5.74, 6) is 1.02. The Morgan fingerprint density at radius 1 is 1.10 bits per heavy atom. The summed E-state index contributed by atoms with van der Waals surface area (Å²) in [5, 5.41) is 0. The van der Waals surface area contributed by atoms with Gasteiger partial charge < -0.3 is 10.5 Å². The van der Waals surface area contributed by atoms with Gasteiger partial charge in [0.05, 0.1) is 0 Å². The SMILES string of the molecule is Cc1cc(OC(CN)c2ccc(F)cc2)ccc1C(C)C. The van der Waals surface area contributed by atoms with E-state index in [0.717, 1.165) is 11.3 Å². The van der Waals surface area contributed by atoms with Gasteiger partial charge in [-0.2, -0.15) is 0 Å². The lowest BCUT2D eigenvalue weighted by Crippen LogP contribution is -2.18. The van der Waals surface area contributed by atoms with E-state index in [-0.39, 0.29) is 11.9 Å². The van der Waals surface area contributed by atoms with Crippen LogP contribution >= 0.6 is 0 Å². The Morgan fingerprint density at radius 3 is 2.29 bits per heavy atom. The van der Waals surface area contributed by atoms with Crippen molar-refractivity contribution in [3.05, 3.63) is 65.0 Å². The molecule has 0 fully saturated rings. The standard InChI is InChI=1S/C18H22FNO/c1-12(2)17-9-8-16(10-13(17)3)21-18(11-20)14-4-6-15(19)7-5-14/h4-10,12,18H,11,20H2,1-3H3. The van der Waals surface area contributed by atoms with E-state index in [1.807, 2.05) is 12.1 Å². The molecule has 0 bridgehead atoms. The van der Waals surface area contributed by atoms with Crippen molar-refractivity contribution >= 4 is 0 Å². The summed E-state index contributed by atoms with van der Waals surface area (Å²) >= 11 is 0. The lowest BCUT2D eigenvalue weighted by Gasteiger charge is -2.19. The Balaban J connectivity index is 2.19. The van der Waals surface area contributed by atoms with E-state index in [1.165, 1.54) is 23.3 Å². The van der Waals surface area contributed by atoms with E-state index in [4.69, 9.17) is 10.5 Å². The van der Waals surface area contributed by atoms with E-state index < -0.39 is 0 Å². The molecular formula is C18H22FNO. The van der Waals surface area contributed by atoms with Gasteiger partial charge in [-0.05, 0) is 53.8 Å². The Bertz CT molecular complexity index is 593. The molecule has 0 heterocycles. The molecule has 1 atom stereocenters. The van der Waals surface area contributed by atoms with Crippen LogP contribution in [-0.2, 0) is 0 Å². The number of rotatable bonds is 5. The Hall–Kier alpha value is -1.87. The number of hydrogen-bond acceptors (Lipinski definition) is 2. The third-order valence-electron chi connectivity index (χ3n) is 3.60. The van der Waals surface area contributed by atoms with Crippen molar-refractivity contribution in [1.29, 1.82) is 0 Å². The minimum atomic E-state index is -0.269. The summed E-state index contributed by atoms with van der Waals surface area (Å²) in [4.78, 5) is 0. The van der Waals surface area contributed by atoms with Gasteiger partial charge in [0.2, 0.25) is 0 Å². The number of benzene rings is 2. The number of nitrogens with two attached hydrogens (primary N) is 1. The van der Waals surface area contributed by atoms with Crippen LogP contribution in [0.3, 0.4) is 0 Å². The second kappa shape index (κ2) is 6.72. The summed E-state index contributed by atoms with van der Waals surface area (Å²) in [6, 6.07) is 12.4. The molecule has 21 heavy (non-hydrogen) atoms. The monoisotopic (exact) mass is 287 g/mol. The minimum Gasteiger partial charge on any atom is -0.484 e. The van der Waals surface area contributed by atoms with Crippen LogP contribution in [-0.4, -0.2) is 6.54 Å². The van der Waals surface area contributed by atoms with Crippen LogP contribution in [0.2, 0.25) is 0 Å². The van der Waals surface area contributed by atoms with Crippen LogP contribution < -0.4 is 10.5 Å². The van der Waals surface area contributed by atoms with E-state index >= 15 is 0 Å². The molecule has 0 aliphatic carbocycles. The molecule has 0 saturated heterocycles. The van der Waals surface area contributed by atoms with Gasteiger partial charge in [-0.3, -0.25) is 0 Å². The van der Waals surface area contributed by atoms with E-state index in [0.29, 0.717) is 12.5 Å². The molecule has 2 rings (SSSR count). The molecule has 3 heteroatoms. The molecule has 0 saturated carbocycles. The molecule has 0 radical (unpaired) electrons. The van der Waals surface area contributed by atoms with Crippen molar-refractivity contribution in [3.8, 4) is 5.75 Å². The zero-order valence-electron chi connectivity index (χ0n) is 12.8. The molecular weight excluding hydrogens is 265 g/mol. The van der Waals surface area contributed by atoms with Crippen LogP contribution in [0.25, 0.3) is 0 Å². The van der Waals surface area contributed by atoms with Gasteiger partial charge in [-0.15, -0.1) is 0 Å². The highest BCUT2D eigenvalue weighted by atomic mass is 19.1. The highest BCUT2D eigenvalue weighted by molar-refractivity contribution is 5.37. The second-order valence-corrected chi connectivity index (χ2v) is 5.57. The third-order valence-corrected chi connectivity index (χ3v) is 3.60. The van der Waals surface area contributed by atoms with E-state index in [2.05, 4.69) is 26.8 Å². The molecule has 112 valence electrons. The predicted octanol–water partition coefficient (Wildman–Crippen LogP) is 4.34. The molecule has 2 aromatic carbocycles. The fraction of sp³-hybridized carbons (Fsp3) is 0.333. The number of ether oxygens (including phenoxy) is 1. The number of aryl methyl sites for hydroxylation is 1. The van der Waals surface area contributed by atoms with Crippen LogP contribution in [0.5, 0.6) is 5.75 Å². The maximum Gasteiger partial charge on any atom is 0.136 e. The first-order chi connectivity index (χ1) is 10.0. The number of halogens is 1. The summed E-state index contributed by atoms with van der Waals surface area (Å²) in [5.41, 5.74) is 9.19. The van der Waals surface area contributed by atoms with Crippen molar-refractivity contribution in [3.63, 3.8) is 0 Å². The van der Waals surface area contributed by atoms with Crippen LogP contribution in [0, 0.1) is 12.7 Å². The second-order valence-electron chi connectivity index (χ2n) is 5.57. The number of hydrogen-bond donors (Lipinski definition) is 1. The van der Waals surface area contributed by atoms with Crippen LogP contribution in [0.4, 0.5) is 4.39 Å². The van der Waals surface area contributed by atoms with Crippen LogP contribution in [0.15, 0.2) is 42.5 Å². The predicted molar refractivity (Wildman–Crippen MR) is 84.1 cm³/mol. The summed E-state index contributed by atoms with van der Waals surface area (Å²) in [6.07, 6.45) is -0.269. The Morgan fingerprint density at radius 2 is 1.76 bits per heavy atom. The first kappa shape index (κ1) is 15.5. The van der Waals surface area contributed by atoms with Crippen molar-refractivity contribution in [2.24, 2.45) is 5.73 Å². The zero-order chi connectivity index (χ0) is 15.4. The topological polar surface area (TPSA) is 35.2 Å². The zero-order valence-corrected chi connectivity index (χ0v) is 12.8. The quantitative estimate of drug-likeness (QED) is 0.888. The van der Waals surface area contributed by atoms with Gasteiger partial charge >= 0.3 is 0 Å². The largest absolute Gasteiger partial charge is 0.484 e. The fourth-order valence-electron chi connectivity index (χ4n) is 2.46. The molecule has 0 amide bonds. The average molecular weight is 287 g/mol. The maximum absolute atomic E-state index is 13.0. The average Bonchev–Trinajstić information content (AvgIpc) is 2.45. The first-order valence-corrected chi connectivity index (χ1v) is 7.24. The molecule has 0 aromatic heterocycles. The normalized spacial score (nSPS) is 12.5. The Labute approximate surface area is 125 Å². The highest BCUT2D eigenvalue weighted by Crippen LogP contribution is 2.27. The lowest BCUT2D eigenvalue weighted by molar-refractivity contribution is 0.214.